The van der Waals surface area contributed by atoms with Crippen LogP contribution in [-0.4, -0.2) is 72.8 Å². The molecule has 1 aromatic heterocycles. The third-order valence-corrected chi connectivity index (χ3v) is 4.66. The number of furan rings is 1. The minimum Gasteiger partial charge on any atom is -0.444 e. The zero-order valence-corrected chi connectivity index (χ0v) is 15.4. The fourth-order valence-corrected chi connectivity index (χ4v) is 2.96. The van der Waals surface area contributed by atoms with E-state index in [4.69, 9.17) is 4.42 Å². The van der Waals surface area contributed by atoms with Gasteiger partial charge < -0.3 is 20.0 Å². The molecule has 1 aromatic rings. The topological polar surface area (TPSA) is 94.9 Å². The molecular weight excluding hydrogens is 392 g/mol. The van der Waals surface area contributed by atoms with Crippen LogP contribution in [0.4, 0.5) is 0 Å². The van der Waals surface area contributed by atoms with Crippen molar-refractivity contribution in [2.75, 3.05) is 39.3 Å². The van der Waals surface area contributed by atoms with Gasteiger partial charge in [0.05, 0.1) is 13.1 Å². The first-order chi connectivity index (χ1) is 12.0. The summed E-state index contributed by atoms with van der Waals surface area (Å²) in [5, 5.41) is 5.52. The molecule has 0 radical (unpaired) electrons. The van der Waals surface area contributed by atoms with Crippen LogP contribution < -0.4 is 10.6 Å². The Balaban J connectivity index is 1.36. The minimum absolute atomic E-state index is 0.0548. The summed E-state index contributed by atoms with van der Waals surface area (Å²) < 4.78 is 5.60. The number of halogens is 1. The van der Waals surface area contributed by atoms with Crippen LogP contribution in [-0.2, 0) is 9.59 Å². The molecule has 2 fully saturated rings. The van der Waals surface area contributed by atoms with Crippen LogP contribution in [0.2, 0.25) is 0 Å². The number of carbonyl (C=O) groups excluding carboxylic acids is 3. The van der Waals surface area contributed by atoms with Gasteiger partial charge in [-0.25, -0.2) is 0 Å². The van der Waals surface area contributed by atoms with E-state index in [1.54, 1.807) is 11.0 Å². The van der Waals surface area contributed by atoms with Crippen molar-refractivity contribution in [1.29, 1.82) is 0 Å². The zero-order valence-electron chi connectivity index (χ0n) is 13.8. The summed E-state index contributed by atoms with van der Waals surface area (Å²) in [6.07, 6.45) is 2.16. The zero-order chi connectivity index (χ0) is 17.8. The largest absolute Gasteiger partial charge is 0.444 e. The van der Waals surface area contributed by atoms with Crippen LogP contribution in [0.3, 0.4) is 0 Å². The van der Waals surface area contributed by atoms with Gasteiger partial charge in [0.2, 0.25) is 11.8 Å². The summed E-state index contributed by atoms with van der Waals surface area (Å²) in [6, 6.07) is 3.53. The SMILES string of the molecule is O=C(CN1CCN(C(=O)CNC(=O)c2ccc(Br)o2)CC1)NC1CC1. The van der Waals surface area contributed by atoms with Crippen LogP contribution in [0, 0.1) is 0 Å². The standard InChI is InChI=1S/C16H21BrN4O4/c17-13-4-3-12(25-13)16(24)18-9-15(23)21-7-5-20(6-8-21)10-14(22)19-11-1-2-11/h3-4,11H,1-2,5-10H2,(H,18,24)(H,19,22). The van der Waals surface area contributed by atoms with Gasteiger partial charge in [-0.2, -0.15) is 0 Å². The monoisotopic (exact) mass is 412 g/mol. The molecule has 0 unspecified atom stereocenters. The highest BCUT2D eigenvalue weighted by molar-refractivity contribution is 9.10. The summed E-state index contributed by atoms with van der Waals surface area (Å²) in [4.78, 5) is 39.6. The second-order valence-electron chi connectivity index (χ2n) is 6.29. The van der Waals surface area contributed by atoms with Gasteiger partial charge in [0.15, 0.2) is 10.4 Å². The Labute approximate surface area is 154 Å². The molecule has 3 amide bonds. The van der Waals surface area contributed by atoms with Crippen LogP contribution in [0.25, 0.3) is 0 Å². The number of hydrogen-bond donors (Lipinski definition) is 2. The van der Waals surface area contributed by atoms with E-state index >= 15 is 0 Å². The van der Waals surface area contributed by atoms with E-state index in [9.17, 15) is 14.4 Å². The first-order valence-electron chi connectivity index (χ1n) is 8.34. The summed E-state index contributed by atoms with van der Waals surface area (Å²) in [5.41, 5.74) is 0. The molecule has 0 bridgehead atoms. The normalized spacial score (nSPS) is 18.0. The fraction of sp³-hybridized carbons (Fsp3) is 0.562. The van der Waals surface area contributed by atoms with E-state index in [2.05, 4.69) is 26.6 Å². The lowest BCUT2D eigenvalue weighted by Crippen LogP contribution is -2.53. The molecular formula is C16H21BrN4O4. The Morgan fingerprint density at radius 1 is 1.16 bits per heavy atom. The fourth-order valence-electron chi connectivity index (χ4n) is 2.65. The van der Waals surface area contributed by atoms with E-state index in [1.165, 1.54) is 6.07 Å². The molecule has 1 saturated carbocycles. The Kier molecular flexibility index (Phi) is 5.74. The number of piperazine rings is 1. The molecule has 136 valence electrons. The van der Waals surface area contributed by atoms with Gasteiger partial charge in [-0.15, -0.1) is 0 Å². The van der Waals surface area contributed by atoms with Gasteiger partial charge in [-0.1, -0.05) is 0 Å². The molecule has 1 saturated heterocycles. The van der Waals surface area contributed by atoms with E-state index in [1.807, 2.05) is 4.90 Å². The average Bonchev–Trinajstić information content (AvgIpc) is 3.30. The van der Waals surface area contributed by atoms with Crippen molar-refractivity contribution in [2.45, 2.75) is 18.9 Å². The number of carbonyl (C=O) groups is 3. The second kappa shape index (κ2) is 8.01. The Morgan fingerprint density at radius 3 is 2.48 bits per heavy atom. The van der Waals surface area contributed by atoms with E-state index < -0.39 is 5.91 Å². The van der Waals surface area contributed by atoms with Crippen molar-refractivity contribution in [3.8, 4) is 0 Å². The van der Waals surface area contributed by atoms with Crippen LogP contribution in [0.15, 0.2) is 21.2 Å². The van der Waals surface area contributed by atoms with Gasteiger partial charge in [-0.05, 0) is 40.9 Å². The summed E-state index contributed by atoms with van der Waals surface area (Å²) >= 11 is 3.13. The van der Waals surface area contributed by atoms with E-state index in [-0.39, 0.29) is 24.1 Å². The lowest BCUT2D eigenvalue weighted by Gasteiger charge is -2.34. The number of nitrogens with one attached hydrogen (secondary N) is 2. The number of amides is 3. The van der Waals surface area contributed by atoms with Crippen LogP contribution >= 0.6 is 15.9 Å². The molecule has 8 nitrogen and oxygen atoms in total. The van der Waals surface area contributed by atoms with Crippen LogP contribution in [0.1, 0.15) is 23.4 Å². The van der Waals surface area contributed by atoms with Crippen molar-refractivity contribution < 1.29 is 18.8 Å². The summed E-state index contributed by atoms with van der Waals surface area (Å²) in [7, 11) is 0. The van der Waals surface area contributed by atoms with E-state index in [0.717, 1.165) is 12.8 Å². The van der Waals surface area contributed by atoms with Gasteiger partial charge >= 0.3 is 0 Å². The molecule has 0 spiro atoms. The molecule has 2 heterocycles. The Morgan fingerprint density at radius 2 is 1.88 bits per heavy atom. The van der Waals surface area contributed by atoms with Crippen molar-refractivity contribution in [3.63, 3.8) is 0 Å². The molecule has 2 aliphatic rings. The van der Waals surface area contributed by atoms with Gasteiger partial charge in [0, 0.05) is 32.2 Å². The third-order valence-electron chi connectivity index (χ3n) is 4.23. The van der Waals surface area contributed by atoms with E-state index in [0.29, 0.717) is 43.4 Å². The van der Waals surface area contributed by atoms with Gasteiger partial charge in [0.25, 0.3) is 5.91 Å². The van der Waals surface area contributed by atoms with Crippen molar-refractivity contribution in [2.24, 2.45) is 0 Å². The average molecular weight is 413 g/mol. The molecule has 9 heteroatoms. The van der Waals surface area contributed by atoms with Gasteiger partial charge in [0.1, 0.15) is 0 Å². The Bertz CT molecular complexity index is 650. The maximum Gasteiger partial charge on any atom is 0.287 e. The third kappa shape index (κ3) is 5.30. The number of hydrogen-bond acceptors (Lipinski definition) is 5. The minimum atomic E-state index is -0.422. The number of nitrogens with zero attached hydrogens (tertiary/aromatic N) is 2. The smallest absolute Gasteiger partial charge is 0.287 e. The number of rotatable bonds is 6. The molecule has 25 heavy (non-hydrogen) atoms. The highest BCUT2D eigenvalue weighted by atomic mass is 79.9. The lowest BCUT2D eigenvalue weighted by atomic mass is 10.3. The highest BCUT2D eigenvalue weighted by Gasteiger charge is 2.26. The first-order valence-corrected chi connectivity index (χ1v) is 9.13. The van der Waals surface area contributed by atoms with Crippen molar-refractivity contribution >= 4 is 33.7 Å². The molecule has 0 aromatic carbocycles. The first kappa shape index (κ1) is 17.9. The molecule has 3 rings (SSSR count). The molecule has 2 N–H and O–H groups in total. The van der Waals surface area contributed by atoms with Crippen LogP contribution in [0.5, 0.6) is 0 Å². The predicted molar refractivity (Wildman–Crippen MR) is 92.9 cm³/mol. The van der Waals surface area contributed by atoms with Crippen molar-refractivity contribution in [1.82, 2.24) is 20.4 Å². The Hall–Kier alpha value is -1.87. The predicted octanol–water partition coefficient (Wildman–Crippen LogP) is 0.195. The second-order valence-corrected chi connectivity index (χ2v) is 7.07. The molecule has 0 atom stereocenters. The molecule has 1 aliphatic carbocycles. The summed E-state index contributed by atoms with van der Waals surface area (Å²) in [5.74, 6) is -0.346. The lowest BCUT2D eigenvalue weighted by molar-refractivity contribution is -0.132. The quantitative estimate of drug-likeness (QED) is 0.695. The molecule has 1 aliphatic heterocycles. The summed E-state index contributed by atoms with van der Waals surface area (Å²) in [6.45, 7) is 2.73. The maximum absolute atomic E-state index is 12.2. The van der Waals surface area contributed by atoms with Gasteiger partial charge in [-0.3, -0.25) is 19.3 Å². The maximum atomic E-state index is 12.2. The highest BCUT2D eigenvalue weighted by Crippen LogP contribution is 2.18. The van der Waals surface area contributed by atoms with Crippen molar-refractivity contribution in [3.05, 3.63) is 22.6 Å².